The van der Waals surface area contributed by atoms with E-state index in [2.05, 4.69) is 41.2 Å². The highest BCUT2D eigenvalue weighted by molar-refractivity contribution is 9.10. The molecular formula is C16H24BrNO. The highest BCUT2D eigenvalue weighted by atomic mass is 79.9. The van der Waals surface area contributed by atoms with Gasteiger partial charge in [-0.3, -0.25) is 0 Å². The molecule has 3 heteroatoms. The molecule has 0 aliphatic heterocycles. The minimum atomic E-state index is 0.581. The van der Waals surface area contributed by atoms with Gasteiger partial charge in [0, 0.05) is 16.6 Å². The smallest absolute Gasteiger partial charge is 0.121 e. The zero-order chi connectivity index (χ0) is 13.8. The van der Waals surface area contributed by atoms with Gasteiger partial charge >= 0.3 is 0 Å². The number of halogens is 1. The SMILES string of the molecule is COc1ccc(Br)c(NC2CCCCC2C(C)C)c1. The molecular weight excluding hydrogens is 302 g/mol. The fourth-order valence-electron chi connectivity index (χ4n) is 3.08. The van der Waals surface area contributed by atoms with Gasteiger partial charge in [0.2, 0.25) is 0 Å². The molecule has 1 aliphatic carbocycles. The van der Waals surface area contributed by atoms with Crippen molar-refractivity contribution in [2.24, 2.45) is 11.8 Å². The topological polar surface area (TPSA) is 21.3 Å². The normalized spacial score (nSPS) is 23.4. The predicted octanol–water partition coefficient (Wildman–Crippen LogP) is 5.08. The molecule has 0 radical (unpaired) electrons. The molecule has 19 heavy (non-hydrogen) atoms. The van der Waals surface area contributed by atoms with Gasteiger partial charge in [-0.05, 0) is 52.7 Å². The van der Waals surface area contributed by atoms with Gasteiger partial charge in [-0.1, -0.05) is 26.7 Å². The molecule has 0 amide bonds. The summed E-state index contributed by atoms with van der Waals surface area (Å²) in [5.41, 5.74) is 1.15. The Morgan fingerprint density at radius 3 is 2.68 bits per heavy atom. The molecule has 1 saturated carbocycles. The molecule has 1 N–H and O–H groups in total. The summed E-state index contributed by atoms with van der Waals surface area (Å²) in [7, 11) is 1.71. The standard InChI is InChI=1S/C16H24BrNO/c1-11(2)13-6-4-5-7-15(13)18-16-10-12(19-3)8-9-14(16)17/h8-11,13,15,18H,4-7H2,1-3H3. The van der Waals surface area contributed by atoms with E-state index in [4.69, 9.17) is 4.74 Å². The lowest BCUT2D eigenvalue weighted by molar-refractivity contribution is 0.253. The molecule has 0 aromatic heterocycles. The first-order valence-corrected chi connectivity index (χ1v) is 8.01. The van der Waals surface area contributed by atoms with E-state index in [1.807, 2.05) is 12.1 Å². The van der Waals surface area contributed by atoms with Crippen LogP contribution in [0.1, 0.15) is 39.5 Å². The van der Waals surface area contributed by atoms with Crippen LogP contribution in [0.4, 0.5) is 5.69 Å². The first-order valence-electron chi connectivity index (χ1n) is 7.22. The van der Waals surface area contributed by atoms with Crippen molar-refractivity contribution in [1.29, 1.82) is 0 Å². The Balaban J connectivity index is 2.14. The molecule has 2 unspecified atom stereocenters. The summed E-state index contributed by atoms with van der Waals surface area (Å²) in [4.78, 5) is 0. The van der Waals surface area contributed by atoms with Gasteiger partial charge in [0.1, 0.15) is 5.75 Å². The van der Waals surface area contributed by atoms with Gasteiger partial charge < -0.3 is 10.1 Å². The van der Waals surface area contributed by atoms with Gasteiger partial charge in [-0.25, -0.2) is 0 Å². The van der Waals surface area contributed by atoms with E-state index in [1.54, 1.807) is 7.11 Å². The minimum Gasteiger partial charge on any atom is -0.497 e. The third-order valence-electron chi connectivity index (χ3n) is 4.19. The van der Waals surface area contributed by atoms with Crippen LogP contribution in [0.2, 0.25) is 0 Å². The molecule has 2 atom stereocenters. The molecule has 0 saturated heterocycles. The Hall–Kier alpha value is -0.700. The molecule has 1 fully saturated rings. The Morgan fingerprint density at radius 2 is 2.00 bits per heavy atom. The fraction of sp³-hybridized carbons (Fsp3) is 0.625. The second-order valence-corrected chi connectivity index (χ2v) is 6.64. The predicted molar refractivity (Wildman–Crippen MR) is 84.9 cm³/mol. The second kappa shape index (κ2) is 6.65. The summed E-state index contributed by atoms with van der Waals surface area (Å²) in [5, 5.41) is 3.73. The Morgan fingerprint density at radius 1 is 1.26 bits per heavy atom. The van der Waals surface area contributed by atoms with E-state index in [9.17, 15) is 0 Å². The largest absolute Gasteiger partial charge is 0.497 e. The molecule has 1 aromatic carbocycles. The van der Waals surface area contributed by atoms with Crippen molar-refractivity contribution in [3.05, 3.63) is 22.7 Å². The summed E-state index contributed by atoms with van der Waals surface area (Å²) in [5.74, 6) is 2.41. The van der Waals surface area contributed by atoms with Crippen molar-refractivity contribution < 1.29 is 4.74 Å². The number of hydrogen-bond acceptors (Lipinski definition) is 2. The summed E-state index contributed by atoms with van der Waals surface area (Å²) in [6.07, 6.45) is 5.33. The van der Waals surface area contributed by atoms with E-state index in [-0.39, 0.29) is 0 Å². The molecule has 1 aromatic rings. The molecule has 1 aliphatic rings. The van der Waals surface area contributed by atoms with Crippen LogP contribution in [0.15, 0.2) is 22.7 Å². The number of benzene rings is 1. The minimum absolute atomic E-state index is 0.581. The molecule has 106 valence electrons. The average molecular weight is 326 g/mol. The average Bonchev–Trinajstić information content (AvgIpc) is 2.41. The monoisotopic (exact) mass is 325 g/mol. The highest BCUT2D eigenvalue weighted by Crippen LogP contribution is 2.35. The summed E-state index contributed by atoms with van der Waals surface area (Å²) in [6.45, 7) is 4.68. The van der Waals surface area contributed by atoms with E-state index in [0.29, 0.717) is 6.04 Å². The van der Waals surface area contributed by atoms with Gasteiger partial charge in [-0.15, -0.1) is 0 Å². The fourth-order valence-corrected chi connectivity index (χ4v) is 3.44. The summed E-state index contributed by atoms with van der Waals surface area (Å²) < 4.78 is 6.42. The maximum atomic E-state index is 5.31. The van der Waals surface area contributed by atoms with Crippen molar-refractivity contribution in [2.75, 3.05) is 12.4 Å². The van der Waals surface area contributed by atoms with E-state index in [1.165, 1.54) is 25.7 Å². The van der Waals surface area contributed by atoms with Crippen LogP contribution in [0.25, 0.3) is 0 Å². The lowest BCUT2D eigenvalue weighted by Gasteiger charge is -2.35. The number of ether oxygens (including phenoxy) is 1. The third kappa shape index (κ3) is 3.65. The van der Waals surface area contributed by atoms with Crippen molar-refractivity contribution in [1.82, 2.24) is 0 Å². The van der Waals surface area contributed by atoms with Crippen molar-refractivity contribution >= 4 is 21.6 Å². The highest BCUT2D eigenvalue weighted by Gasteiger charge is 2.27. The Bertz CT molecular complexity index is 419. The van der Waals surface area contributed by atoms with Crippen LogP contribution in [-0.4, -0.2) is 13.2 Å². The van der Waals surface area contributed by atoms with Gasteiger partial charge in [0.25, 0.3) is 0 Å². The molecule has 0 spiro atoms. The Kier molecular flexibility index (Phi) is 5.14. The quantitative estimate of drug-likeness (QED) is 0.833. The van der Waals surface area contributed by atoms with Crippen LogP contribution >= 0.6 is 15.9 Å². The van der Waals surface area contributed by atoms with Crippen molar-refractivity contribution in [3.63, 3.8) is 0 Å². The summed E-state index contributed by atoms with van der Waals surface area (Å²) in [6, 6.07) is 6.69. The number of methoxy groups -OCH3 is 1. The number of nitrogens with one attached hydrogen (secondary N) is 1. The maximum absolute atomic E-state index is 5.31. The molecule has 2 rings (SSSR count). The summed E-state index contributed by atoms with van der Waals surface area (Å²) >= 11 is 3.63. The van der Waals surface area contributed by atoms with E-state index in [0.717, 1.165) is 27.7 Å². The zero-order valence-corrected chi connectivity index (χ0v) is 13.7. The second-order valence-electron chi connectivity index (χ2n) is 5.79. The van der Waals surface area contributed by atoms with E-state index >= 15 is 0 Å². The van der Waals surface area contributed by atoms with Crippen molar-refractivity contribution in [2.45, 2.75) is 45.6 Å². The Labute approximate surface area is 125 Å². The van der Waals surface area contributed by atoms with Crippen LogP contribution in [-0.2, 0) is 0 Å². The van der Waals surface area contributed by atoms with Crippen molar-refractivity contribution in [3.8, 4) is 5.75 Å². The first kappa shape index (κ1) is 14.7. The molecule has 0 heterocycles. The van der Waals surface area contributed by atoms with Gasteiger partial charge in [0.15, 0.2) is 0 Å². The van der Waals surface area contributed by atoms with Gasteiger partial charge in [0.05, 0.1) is 12.8 Å². The number of anilines is 1. The van der Waals surface area contributed by atoms with Gasteiger partial charge in [-0.2, -0.15) is 0 Å². The van der Waals surface area contributed by atoms with Crippen LogP contribution in [0.5, 0.6) is 5.75 Å². The van der Waals surface area contributed by atoms with Crippen LogP contribution in [0.3, 0.4) is 0 Å². The number of hydrogen-bond donors (Lipinski definition) is 1. The molecule has 2 nitrogen and oxygen atoms in total. The first-order chi connectivity index (χ1) is 9.11. The maximum Gasteiger partial charge on any atom is 0.121 e. The van der Waals surface area contributed by atoms with Crippen LogP contribution < -0.4 is 10.1 Å². The number of rotatable bonds is 4. The zero-order valence-electron chi connectivity index (χ0n) is 12.1. The lowest BCUT2D eigenvalue weighted by atomic mass is 9.78. The lowest BCUT2D eigenvalue weighted by Crippen LogP contribution is -2.35. The van der Waals surface area contributed by atoms with Crippen LogP contribution in [0, 0.1) is 11.8 Å². The van der Waals surface area contributed by atoms with E-state index < -0.39 is 0 Å². The third-order valence-corrected chi connectivity index (χ3v) is 4.88. The molecule has 0 bridgehead atoms.